The van der Waals surface area contributed by atoms with E-state index < -0.39 is 27.5 Å². The molecule has 2 rings (SSSR count). The van der Waals surface area contributed by atoms with Gasteiger partial charge in [0.05, 0.1) is 15.3 Å². The molecule has 140 valence electrons. The molecule has 9 heteroatoms. The number of halogens is 4. The lowest BCUT2D eigenvalue weighted by molar-refractivity contribution is -0.139. The number of alkyl halides is 3. The van der Waals surface area contributed by atoms with Crippen molar-refractivity contribution in [1.29, 1.82) is 0 Å². The summed E-state index contributed by atoms with van der Waals surface area (Å²) in [6, 6.07) is 7.02. The second-order valence-corrected chi connectivity index (χ2v) is 9.57. The topological polar surface area (TPSA) is 42.3 Å². The number of pyridine rings is 1. The second-order valence-electron chi connectivity index (χ2n) is 6.20. The first-order chi connectivity index (χ1) is 12.0. The number of benzene rings is 1. The molecule has 26 heavy (non-hydrogen) atoms. The van der Waals surface area contributed by atoms with Gasteiger partial charge < -0.3 is 0 Å². The Kier molecular flexibility index (Phi) is 6.52. The first-order valence-electron chi connectivity index (χ1n) is 7.45. The summed E-state index contributed by atoms with van der Waals surface area (Å²) in [4.78, 5) is 3.92. The predicted molar refractivity (Wildman–Crippen MR) is 100 cm³/mol. The van der Waals surface area contributed by atoms with Crippen LogP contribution in [0.15, 0.2) is 50.8 Å². The van der Waals surface area contributed by atoms with Crippen molar-refractivity contribution >= 4 is 40.6 Å². The normalized spacial score (nSPS) is 14.0. The fraction of sp³-hybridized carbons (Fsp3) is 0.294. The molecule has 0 radical (unpaired) electrons. The molecular formula is C17H16ClF3N2OS2. The Morgan fingerprint density at radius 2 is 1.88 bits per heavy atom. The molecule has 0 spiro atoms. The van der Waals surface area contributed by atoms with Crippen molar-refractivity contribution in [2.75, 3.05) is 0 Å². The highest BCUT2D eigenvalue weighted by molar-refractivity contribution is 7.99. The molecule has 0 aliphatic carbocycles. The average Bonchev–Trinajstić information content (AvgIpc) is 2.53. The van der Waals surface area contributed by atoms with Gasteiger partial charge >= 0.3 is 6.18 Å². The highest BCUT2D eigenvalue weighted by Crippen LogP contribution is 2.42. The van der Waals surface area contributed by atoms with Gasteiger partial charge in [-0.1, -0.05) is 29.4 Å². The quantitative estimate of drug-likeness (QED) is 0.588. The van der Waals surface area contributed by atoms with Crippen LogP contribution >= 0.6 is 23.4 Å². The maximum Gasteiger partial charge on any atom is 0.417 e. The van der Waals surface area contributed by atoms with Crippen molar-refractivity contribution < 1.29 is 17.4 Å². The summed E-state index contributed by atoms with van der Waals surface area (Å²) in [5, 5.41) is 0.470. The minimum Gasteiger partial charge on any atom is -0.250 e. The Labute approximate surface area is 161 Å². The number of rotatable bonds is 4. The smallest absolute Gasteiger partial charge is 0.250 e. The number of hydrogen-bond donors (Lipinski definition) is 0. The summed E-state index contributed by atoms with van der Waals surface area (Å²) in [5.41, 5.74) is -0.782. The van der Waals surface area contributed by atoms with Gasteiger partial charge in [-0.05, 0) is 45.0 Å². The highest BCUT2D eigenvalue weighted by Gasteiger charge is 2.35. The SMILES string of the molecule is CC(C)(C)S(=O)/N=C/c1c(Cl)ccc(C(F)(F)F)c1Sc1ccccn1. The Bertz CT molecular complexity index is 834. The number of nitrogens with zero attached hydrogens (tertiary/aromatic N) is 2. The van der Waals surface area contributed by atoms with E-state index in [2.05, 4.69) is 9.38 Å². The summed E-state index contributed by atoms with van der Waals surface area (Å²) < 4.78 is 55.8. The zero-order valence-electron chi connectivity index (χ0n) is 14.2. The van der Waals surface area contributed by atoms with Crippen LogP contribution in [0.5, 0.6) is 0 Å². The number of hydrogen-bond acceptors (Lipinski definition) is 3. The Morgan fingerprint density at radius 3 is 2.42 bits per heavy atom. The lowest BCUT2D eigenvalue weighted by atomic mass is 10.1. The largest absolute Gasteiger partial charge is 0.417 e. The fourth-order valence-electron chi connectivity index (χ4n) is 1.80. The molecule has 0 aliphatic rings. The van der Waals surface area contributed by atoms with E-state index in [9.17, 15) is 17.4 Å². The van der Waals surface area contributed by atoms with E-state index in [1.807, 2.05) is 0 Å². The molecule has 0 aliphatic heterocycles. The van der Waals surface area contributed by atoms with E-state index in [-0.39, 0.29) is 15.5 Å². The van der Waals surface area contributed by atoms with Crippen LogP contribution in [0.25, 0.3) is 0 Å². The molecule has 0 saturated carbocycles. The van der Waals surface area contributed by atoms with Gasteiger partial charge in [0, 0.05) is 22.9 Å². The second kappa shape index (κ2) is 8.10. The summed E-state index contributed by atoms with van der Waals surface area (Å²) >= 11 is 6.96. The van der Waals surface area contributed by atoms with Crippen molar-refractivity contribution in [3.8, 4) is 0 Å². The minimum absolute atomic E-state index is 0.0646. The summed E-state index contributed by atoms with van der Waals surface area (Å²) in [7, 11) is -1.62. The number of aromatic nitrogens is 1. The van der Waals surface area contributed by atoms with Crippen molar-refractivity contribution in [3.63, 3.8) is 0 Å². The molecule has 1 aromatic carbocycles. The molecule has 0 amide bonds. The van der Waals surface area contributed by atoms with Crippen molar-refractivity contribution in [2.24, 2.45) is 4.40 Å². The molecule has 3 nitrogen and oxygen atoms in total. The third kappa shape index (κ3) is 5.31. The van der Waals surface area contributed by atoms with Crippen LogP contribution in [0.4, 0.5) is 13.2 Å². The van der Waals surface area contributed by atoms with Crippen LogP contribution in [-0.2, 0) is 17.2 Å². The minimum atomic E-state index is -4.58. The van der Waals surface area contributed by atoms with Crippen LogP contribution in [-0.4, -0.2) is 20.2 Å². The van der Waals surface area contributed by atoms with Crippen molar-refractivity contribution in [2.45, 2.75) is 41.6 Å². The third-order valence-electron chi connectivity index (χ3n) is 3.09. The van der Waals surface area contributed by atoms with Crippen LogP contribution in [0.3, 0.4) is 0 Å². The maximum absolute atomic E-state index is 13.5. The van der Waals surface area contributed by atoms with E-state index in [1.165, 1.54) is 6.20 Å². The molecule has 1 aromatic heterocycles. The highest BCUT2D eigenvalue weighted by atomic mass is 35.5. The lowest BCUT2D eigenvalue weighted by Gasteiger charge is -2.16. The molecule has 0 bridgehead atoms. The van der Waals surface area contributed by atoms with Crippen LogP contribution in [0.1, 0.15) is 31.9 Å². The van der Waals surface area contributed by atoms with E-state index in [1.54, 1.807) is 39.0 Å². The van der Waals surface area contributed by atoms with Gasteiger partial charge in [-0.3, -0.25) is 0 Å². The van der Waals surface area contributed by atoms with Crippen molar-refractivity contribution in [3.05, 3.63) is 52.7 Å². The third-order valence-corrected chi connectivity index (χ3v) is 5.86. The lowest BCUT2D eigenvalue weighted by Crippen LogP contribution is -2.19. The monoisotopic (exact) mass is 420 g/mol. The van der Waals surface area contributed by atoms with Gasteiger partial charge in [0.1, 0.15) is 16.0 Å². The molecule has 0 saturated heterocycles. The van der Waals surface area contributed by atoms with Gasteiger partial charge in [-0.25, -0.2) is 9.19 Å². The summed E-state index contributed by atoms with van der Waals surface area (Å²) in [6.07, 6.45) is -1.94. The van der Waals surface area contributed by atoms with E-state index in [0.717, 1.165) is 30.1 Å². The van der Waals surface area contributed by atoms with Gasteiger partial charge in [0.15, 0.2) is 0 Å². The first-order valence-corrected chi connectivity index (χ1v) is 9.75. The van der Waals surface area contributed by atoms with Crippen LogP contribution in [0.2, 0.25) is 5.02 Å². The Balaban J connectivity index is 2.58. The van der Waals surface area contributed by atoms with Gasteiger partial charge in [0.25, 0.3) is 0 Å². The molecule has 1 unspecified atom stereocenters. The van der Waals surface area contributed by atoms with E-state index in [4.69, 9.17) is 11.6 Å². The standard InChI is InChI=1S/C17H16ClF3N2OS2/c1-16(2,3)26(24)23-10-11-13(18)8-7-12(17(19,20)21)15(11)25-14-6-4-5-9-22-14/h4-10H,1-3H3/b23-10+. The zero-order chi connectivity index (χ0) is 19.5. The average molecular weight is 421 g/mol. The van der Waals surface area contributed by atoms with E-state index >= 15 is 0 Å². The van der Waals surface area contributed by atoms with Crippen LogP contribution in [0, 0.1) is 0 Å². The summed E-state index contributed by atoms with van der Waals surface area (Å²) in [5.74, 6) is 0. The van der Waals surface area contributed by atoms with Gasteiger partial charge in [-0.15, -0.1) is 0 Å². The molecule has 1 atom stereocenters. The predicted octanol–water partition coefficient (Wildman–Crippen LogP) is 5.79. The Hall–Kier alpha value is -1.38. The zero-order valence-corrected chi connectivity index (χ0v) is 16.6. The van der Waals surface area contributed by atoms with E-state index in [0.29, 0.717) is 5.03 Å². The first kappa shape index (κ1) is 20.9. The Morgan fingerprint density at radius 1 is 1.19 bits per heavy atom. The summed E-state index contributed by atoms with van der Waals surface area (Å²) in [6.45, 7) is 5.16. The van der Waals surface area contributed by atoms with Crippen LogP contribution < -0.4 is 0 Å². The molecule has 2 aromatic rings. The van der Waals surface area contributed by atoms with Gasteiger partial charge in [0.2, 0.25) is 0 Å². The van der Waals surface area contributed by atoms with Crippen molar-refractivity contribution in [1.82, 2.24) is 4.98 Å². The molecule has 1 heterocycles. The fourth-order valence-corrected chi connectivity index (χ4v) is 3.62. The maximum atomic E-state index is 13.5. The molecule has 0 N–H and O–H groups in total. The van der Waals surface area contributed by atoms with Gasteiger partial charge in [-0.2, -0.15) is 17.6 Å². The molecular weight excluding hydrogens is 405 g/mol. The molecule has 0 fully saturated rings.